The number of guanidine groups is 1. The Balaban J connectivity index is 1.60. The van der Waals surface area contributed by atoms with E-state index in [0.717, 1.165) is 76.3 Å². The van der Waals surface area contributed by atoms with Crippen LogP contribution in [0.25, 0.3) is 0 Å². The van der Waals surface area contributed by atoms with Crippen molar-refractivity contribution < 1.29 is 4.74 Å². The number of piperazine rings is 1. The Bertz CT molecular complexity index is 681. The van der Waals surface area contributed by atoms with Crippen molar-refractivity contribution in [1.82, 2.24) is 35.2 Å². The lowest BCUT2D eigenvalue weighted by Crippen LogP contribution is -2.52. The van der Waals surface area contributed by atoms with E-state index in [0.29, 0.717) is 24.6 Å². The number of aliphatic imine (C=N–C) groups is 1. The molecule has 2 N–H and O–H groups in total. The number of nitrogens with zero attached hydrogens (tertiary/aromatic N) is 6. The summed E-state index contributed by atoms with van der Waals surface area (Å²) in [5.74, 6) is 3.30. The molecule has 2 aliphatic rings. The standard InChI is InChI=1S/C21H40N8O/c1-6-22-21(23-13-18(16(2)3)28-11-9-27(4)10-12-28)24-17-7-8-20-25-19(15-30-5)26-29(20)14-17/h16-18H,6-15H2,1-5H3,(H2,22,23,24). The van der Waals surface area contributed by atoms with Crippen molar-refractivity contribution in [2.24, 2.45) is 10.9 Å². The third kappa shape index (κ3) is 6.15. The molecule has 0 radical (unpaired) electrons. The molecule has 2 aliphatic heterocycles. The maximum absolute atomic E-state index is 5.17. The van der Waals surface area contributed by atoms with E-state index in [1.54, 1.807) is 7.11 Å². The SMILES string of the molecule is CCNC(=NCC(C(C)C)N1CCN(C)CC1)NC1CCc2nc(COC)nn2C1. The van der Waals surface area contributed by atoms with E-state index in [2.05, 4.69) is 58.3 Å². The Kier molecular flexibility index (Phi) is 8.47. The number of hydrogen-bond donors (Lipinski definition) is 2. The molecule has 1 aromatic rings. The summed E-state index contributed by atoms with van der Waals surface area (Å²) >= 11 is 0. The fourth-order valence-electron chi connectivity index (χ4n) is 4.27. The molecule has 3 rings (SSSR count). The number of nitrogens with one attached hydrogen (secondary N) is 2. The van der Waals surface area contributed by atoms with E-state index in [4.69, 9.17) is 9.73 Å². The van der Waals surface area contributed by atoms with Crippen molar-refractivity contribution in [3.8, 4) is 0 Å². The molecule has 1 saturated heterocycles. The van der Waals surface area contributed by atoms with Gasteiger partial charge in [0.25, 0.3) is 0 Å². The van der Waals surface area contributed by atoms with Gasteiger partial charge in [-0.05, 0) is 26.3 Å². The van der Waals surface area contributed by atoms with Crippen LogP contribution >= 0.6 is 0 Å². The first-order valence-corrected chi connectivity index (χ1v) is 11.4. The van der Waals surface area contributed by atoms with Gasteiger partial charge < -0.3 is 20.3 Å². The highest BCUT2D eigenvalue weighted by molar-refractivity contribution is 5.80. The van der Waals surface area contributed by atoms with Crippen LogP contribution in [0.5, 0.6) is 0 Å². The van der Waals surface area contributed by atoms with Crippen molar-refractivity contribution in [3.63, 3.8) is 0 Å². The highest BCUT2D eigenvalue weighted by Crippen LogP contribution is 2.15. The van der Waals surface area contributed by atoms with Gasteiger partial charge in [-0.15, -0.1) is 0 Å². The molecule has 0 spiro atoms. The van der Waals surface area contributed by atoms with Crippen LogP contribution in [0.3, 0.4) is 0 Å². The van der Waals surface area contributed by atoms with E-state index in [9.17, 15) is 0 Å². The molecule has 9 nitrogen and oxygen atoms in total. The van der Waals surface area contributed by atoms with Crippen molar-refractivity contribution in [1.29, 1.82) is 0 Å². The van der Waals surface area contributed by atoms with Crippen LogP contribution in [-0.2, 0) is 24.3 Å². The van der Waals surface area contributed by atoms with Crippen molar-refractivity contribution >= 4 is 5.96 Å². The van der Waals surface area contributed by atoms with Gasteiger partial charge in [-0.2, -0.15) is 5.10 Å². The lowest BCUT2D eigenvalue weighted by atomic mass is 10.0. The molecule has 1 aromatic heterocycles. The number of likely N-dealkylation sites (N-methyl/N-ethyl adjacent to an activating group) is 1. The first-order chi connectivity index (χ1) is 14.5. The Labute approximate surface area is 181 Å². The molecule has 2 atom stereocenters. The first-order valence-electron chi connectivity index (χ1n) is 11.4. The highest BCUT2D eigenvalue weighted by atomic mass is 16.5. The molecular weight excluding hydrogens is 380 g/mol. The largest absolute Gasteiger partial charge is 0.377 e. The summed E-state index contributed by atoms with van der Waals surface area (Å²) in [6, 6.07) is 0.771. The summed E-state index contributed by atoms with van der Waals surface area (Å²) < 4.78 is 7.18. The lowest BCUT2D eigenvalue weighted by Gasteiger charge is -2.39. The average Bonchev–Trinajstić information content (AvgIpc) is 3.11. The summed E-state index contributed by atoms with van der Waals surface area (Å²) in [7, 11) is 3.88. The van der Waals surface area contributed by atoms with E-state index < -0.39 is 0 Å². The molecule has 0 amide bonds. The first kappa shape index (κ1) is 23.0. The van der Waals surface area contributed by atoms with Gasteiger partial charge in [-0.1, -0.05) is 13.8 Å². The third-order valence-electron chi connectivity index (χ3n) is 6.07. The number of hydrogen-bond acceptors (Lipinski definition) is 6. The normalized spacial score (nSPS) is 22.2. The van der Waals surface area contributed by atoms with E-state index >= 15 is 0 Å². The minimum Gasteiger partial charge on any atom is -0.377 e. The van der Waals surface area contributed by atoms with E-state index in [1.165, 1.54) is 0 Å². The minimum atomic E-state index is 0.300. The molecule has 0 aromatic carbocycles. The predicted octanol–water partition coefficient (Wildman–Crippen LogP) is 0.566. The number of ether oxygens (including phenoxy) is 1. The zero-order valence-corrected chi connectivity index (χ0v) is 19.4. The minimum absolute atomic E-state index is 0.300. The van der Waals surface area contributed by atoms with E-state index in [-0.39, 0.29) is 0 Å². The molecular formula is C21H40N8O. The smallest absolute Gasteiger partial charge is 0.191 e. The van der Waals surface area contributed by atoms with Crippen molar-refractivity contribution in [2.45, 2.75) is 58.8 Å². The Hall–Kier alpha value is -1.71. The Morgan fingerprint density at radius 3 is 2.70 bits per heavy atom. The molecule has 9 heteroatoms. The van der Waals surface area contributed by atoms with Gasteiger partial charge in [-0.25, -0.2) is 9.67 Å². The topological polar surface area (TPSA) is 82.8 Å². The molecule has 0 bridgehead atoms. The van der Waals surface area contributed by atoms with Crippen LogP contribution in [0.15, 0.2) is 4.99 Å². The van der Waals surface area contributed by atoms with Crippen molar-refractivity contribution in [2.75, 3.05) is 53.4 Å². The van der Waals surface area contributed by atoms with Gasteiger partial charge in [-0.3, -0.25) is 9.89 Å². The van der Waals surface area contributed by atoms with Crippen LogP contribution in [0.2, 0.25) is 0 Å². The van der Waals surface area contributed by atoms with Gasteiger partial charge in [0.15, 0.2) is 11.8 Å². The molecule has 0 saturated carbocycles. The predicted molar refractivity (Wildman–Crippen MR) is 120 cm³/mol. The third-order valence-corrected chi connectivity index (χ3v) is 6.07. The number of methoxy groups -OCH3 is 1. The quantitative estimate of drug-likeness (QED) is 0.470. The lowest BCUT2D eigenvalue weighted by molar-refractivity contribution is 0.0925. The van der Waals surface area contributed by atoms with Gasteiger partial charge in [0.1, 0.15) is 12.4 Å². The van der Waals surface area contributed by atoms with Crippen LogP contribution in [0.4, 0.5) is 0 Å². The van der Waals surface area contributed by atoms with Crippen LogP contribution in [0.1, 0.15) is 38.8 Å². The second kappa shape index (κ2) is 11.1. The van der Waals surface area contributed by atoms with Crippen molar-refractivity contribution in [3.05, 3.63) is 11.6 Å². The van der Waals surface area contributed by atoms with Gasteiger partial charge >= 0.3 is 0 Å². The highest BCUT2D eigenvalue weighted by Gasteiger charge is 2.26. The number of aryl methyl sites for hydroxylation is 1. The Morgan fingerprint density at radius 2 is 2.03 bits per heavy atom. The summed E-state index contributed by atoms with van der Waals surface area (Å²) in [6.07, 6.45) is 1.95. The summed E-state index contributed by atoms with van der Waals surface area (Å²) in [6.45, 7) is 14.2. The van der Waals surface area contributed by atoms with Crippen LogP contribution in [-0.4, -0.2) is 96.0 Å². The number of fused-ring (bicyclic) bond motifs is 1. The van der Waals surface area contributed by atoms with Crippen LogP contribution < -0.4 is 10.6 Å². The molecule has 3 heterocycles. The fourth-order valence-corrected chi connectivity index (χ4v) is 4.27. The zero-order valence-electron chi connectivity index (χ0n) is 19.4. The molecule has 2 unspecified atom stereocenters. The van der Waals surface area contributed by atoms with Gasteiger partial charge in [0.2, 0.25) is 0 Å². The number of rotatable bonds is 8. The molecule has 0 aliphatic carbocycles. The summed E-state index contributed by atoms with van der Waals surface area (Å²) in [5, 5.41) is 11.6. The fraction of sp³-hybridized carbons (Fsp3) is 0.857. The molecule has 170 valence electrons. The molecule has 30 heavy (non-hydrogen) atoms. The van der Waals surface area contributed by atoms with Gasteiger partial charge in [0.05, 0.1) is 13.1 Å². The second-order valence-corrected chi connectivity index (χ2v) is 8.81. The average molecular weight is 421 g/mol. The second-order valence-electron chi connectivity index (χ2n) is 8.81. The molecule has 1 fully saturated rings. The monoisotopic (exact) mass is 420 g/mol. The maximum atomic E-state index is 5.17. The number of aromatic nitrogens is 3. The Morgan fingerprint density at radius 1 is 1.27 bits per heavy atom. The summed E-state index contributed by atoms with van der Waals surface area (Å²) in [5.41, 5.74) is 0. The van der Waals surface area contributed by atoms with E-state index in [1.807, 2.05) is 4.68 Å². The zero-order chi connectivity index (χ0) is 21.5. The van der Waals surface area contributed by atoms with Crippen LogP contribution in [0, 0.1) is 5.92 Å². The summed E-state index contributed by atoms with van der Waals surface area (Å²) in [4.78, 5) is 14.6. The van der Waals surface area contributed by atoms with Gasteiger partial charge in [0, 0.05) is 58.3 Å². The maximum Gasteiger partial charge on any atom is 0.191 e.